The van der Waals surface area contributed by atoms with Gasteiger partial charge in [-0.25, -0.2) is 12.8 Å². The third-order valence-corrected chi connectivity index (χ3v) is 5.03. The van der Waals surface area contributed by atoms with E-state index in [-0.39, 0.29) is 11.7 Å². The number of sulfonamides is 1. The highest BCUT2D eigenvalue weighted by atomic mass is 32.2. The van der Waals surface area contributed by atoms with E-state index in [2.05, 4.69) is 15.4 Å². The van der Waals surface area contributed by atoms with E-state index < -0.39 is 21.9 Å². The number of carbonyl (C=O) groups excluding carboxylic acids is 1. The fraction of sp³-hybridized carbons (Fsp3) is 0.278. The van der Waals surface area contributed by atoms with Crippen molar-refractivity contribution in [2.45, 2.75) is 26.8 Å². The molecule has 0 saturated heterocycles. The minimum atomic E-state index is -3.35. The molecule has 2 aromatic carbocycles. The molecule has 2 rings (SSSR count). The van der Waals surface area contributed by atoms with Gasteiger partial charge in [0.15, 0.2) is 0 Å². The van der Waals surface area contributed by atoms with E-state index in [0.29, 0.717) is 17.1 Å². The number of halogens is 1. The molecular weight excluding hydrogens is 357 g/mol. The zero-order chi connectivity index (χ0) is 19.3. The molecule has 0 spiro atoms. The van der Waals surface area contributed by atoms with Crippen LogP contribution in [0.25, 0.3) is 0 Å². The molecule has 0 aromatic heterocycles. The molecule has 0 heterocycles. The minimum Gasteiger partial charge on any atom is -0.374 e. The van der Waals surface area contributed by atoms with Crippen LogP contribution in [0.15, 0.2) is 42.5 Å². The molecule has 6 nitrogen and oxygen atoms in total. The maximum absolute atomic E-state index is 13.2. The SMILES string of the molecule is CCS(=O)(=O)Nc1ccc(N[C@@H](C)C(=O)Nc2cccc(F)c2)cc1C. The summed E-state index contributed by atoms with van der Waals surface area (Å²) in [6.07, 6.45) is 0. The van der Waals surface area contributed by atoms with Gasteiger partial charge in [-0.3, -0.25) is 9.52 Å². The fourth-order valence-electron chi connectivity index (χ4n) is 2.24. The molecule has 0 radical (unpaired) electrons. The standard InChI is InChI=1S/C18H22FN3O3S/c1-4-26(24,25)22-17-9-8-16(10-12(17)2)20-13(3)18(23)21-15-7-5-6-14(19)11-15/h5-11,13,20,22H,4H2,1-3H3,(H,21,23)/t13-/m0/s1. The van der Waals surface area contributed by atoms with Gasteiger partial charge in [-0.05, 0) is 62.7 Å². The Balaban J connectivity index is 2.03. The Morgan fingerprint density at radius 2 is 1.88 bits per heavy atom. The first kappa shape index (κ1) is 19.7. The lowest BCUT2D eigenvalue weighted by atomic mass is 10.1. The predicted octanol–water partition coefficient (Wildman–Crippen LogP) is 3.33. The molecule has 0 fully saturated rings. The largest absolute Gasteiger partial charge is 0.374 e. The molecule has 0 aliphatic carbocycles. The summed E-state index contributed by atoms with van der Waals surface area (Å²) in [5, 5.41) is 5.67. The number of hydrogen-bond donors (Lipinski definition) is 3. The Labute approximate surface area is 152 Å². The number of amides is 1. The van der Waals surface area contributed by atoms with Crippen molar-refractivity contribution in [2.75, 3.05) is 21.1 Å². The van der Waals surface area contributed by atoms with Crippen molar-refractivity contribution >= 4 is 33.0 Å². The Morgan fingerprint density at radius 3 is 2.50 bits per heavy atom. The molecule has 3 N–H and O–H groups in total. The van der Waals surface area contributed by atoms with Crippen molar-refractivity contribution < 1.29 is 17.6 Å². The summed E-state index contributed by atoms with van der Waals surface area (Å²) in [6, 6.07) is 10.2. The molecule has 140 valence electrons. The first-order valence-corrected chi connectivity index (χ1v) is 9.79. The summed E-state index contributed by atoms with van der Waals surface area (Å²) < 4.78 is 39.0. The van der Waals surface area contributed by atoms with Crippen molar-refractivity contribution in [1.82, 2.24) is 0 Å². The third-order valence-electron chi connectivity index (χ3n) is 3.74. The van der Waals surface area contributed by atoms with Crippen LogP contribution < -0.4 is 15.4 Å². The van der Waals surface area contributed by atoms with Crippen molar-refractivity contribution in [1.29, 1.82) is 0 Å². The van der Waals surface area contributed by atoms with Crippen LogP contribution in [-0.4, -0.2) is 26.1 Å². The van der Waals surface area contributed by atoms with Crippen molar-refractivity contribution in [3.8, 4) is 0 Å². The number of anilines is 3. The van der Waals surface area contributed by atoms with Crippen LogP contribution >= 0.6 is 0 Å². The smallest absolute Gasteiger partial charge is 0.246 e. The first-order chi connectivity index (χ1) is 12.2. The summed E-state index contributed by atoms with van der Waals surface area (Å²) in [4.78, 5) is 12.2. The van der Waals surface area contributed by atoms with E-state index in [1.165, 1.54) is 18.2 Å². The zero-order valence-electron chi connectivity index (χ0n) is 14.8. The number of nitrogens with one attached hydrogen (secondary N) is 3. The van der Waals surface area contributed by atoms with Gasteiger partial charge in [-0.2, -0.15) is 0 Å². The lowest BCUT2D eigenvalue weighted by Gasteiger charge is -2.17. The third kappa shape index (κ3) is 5.45. The molecule has 0 saturated carbocycles. The van der Waals surface area contributed by atoms with Gasteiger partial charge in [0.1, 0.15) is 11.9 Å². The number of rotatable bonds is 7. The topological polar surface area (TPSA) is 87.3 Å². The van der Waals surface area contributed by atoms with Crippen LogP contribution in [0.4, 0.5) is 21.5 Å². The van der Waals surface area contributed by atoms with Gasteiger partial charge in [0.05, 0.1) is 11.4 Å². The first-order valence-electron chi connectivity index (χ1n) is 8.14. The maximum atomic E-state index is 13.2. The molecule has 1 amide bonds. The zero-order valence-corrected chi connectivity index (χ0v) is 15.7. The van der Waals surface area contributed by atoms with Crippen molar-refractivity contribution in [2.24, 2.45) is 0 Å². The monoisotopic (exact) mass is 379 g/mol. The number of hydrogen-bond acceptors (Lipinski definition) is 4. The summed E-state index contributed by atoms with van der Waals surface area (Å²) in [5.74, 6) is -0.753. The second-order valence-electron chi connectivity index (χ2n) is 5.90. The Kier molecular flexibility index (Phi) is 6.20. The Morgan fingerprint density at radius 1 is 1.15 bits per heavy atom. The van der Waals surface area contributed by atoms with Gasteiger partial charge in [0.2, 0.25) is 15.9 Å². The second-order valence-corrected chi connectivity index (χ2v) is 7.91. The summed E-state index contributed by atoms with van der Waals surface area (Å²) in [7, 11) is -3.35. The summed E-state index contributed by atoms with van der Waals surface area (Å²) in [5.41, 5.74) is 2.27. The maximum Gasteiger partial charge on any atom is 0.246 e. The highest BCUT2D eigenvalue weighted by Gasteiger charge is 2.14. The number of benzene rings is 2. The van der Waals surface area contributed by atoms with Crippen molar-refractivity contribution in [3.05, 3.63) is 53.8 Å². The van der Waals surface area contributed by atoms with Gasteiger partial charge in [0, 0.05) is 11.4 Å². The number of carbonyl (C=O) groups is 1. The molecule has 0 aliphatic rings. The van der Waals surface area contributed by atoms with Crippen LogP contribution in [0.3, 0.4) is 0 Å². The molecular formula is C18H22FN3O3S. The van der Waals surface area contributed by atoms with E-state index in [1.54, 1.807) is 45.0 Å². The Hall–Kier alpha value is -2.61. The molecule has 26 heavy (non-hydrogen) atoms. The molecule has 8 heteroatoms. The molecule has 0 aliphatic heterocycles. The van der Waals surface area contributed by atoms with E-state index in [9.17, 15) is 17.6 Å². The summed E-state index contributed by atoms with van der Waals surface area (Å²) in [6.45, 7) is 5.01. The number of aryl methyl sites for hydroxylation is 1. The van der Waals surface area contributed by atoms with E-state index in [4.69, 9.17) is 0 Å². The molecule has 0 unspecified atom stereocenters. The predicted molar refractivity (Wildman–Crippen MR) is 102 cm³/mol. The lowest BCUT2D eigenvalue weighted by Crippen LogP contribution is -2.31. The van der Waals surface area contributed by atoms with Crippen molar-refractivity contribution in [3.63, 3.8) is 0 Å². The van der Waals surface area contributed by atoms with Gasteiger partial charge in [-0.15, -0.1) is 0 Å². The second kappa shape index (κ2) is 8.18. The van der Waals surface area contributed by atoms with Crippen LogP contribution in [0.2, 0.25) is 0 Å². The quantitative estimate of drug-likeness (QED) is 0.689. The summed E-state index contributed by atoms with van der Waals surface area (Å²) >= 11 is 0. The average Bonchev–Trinajstić information content (AvgIpc) is 2.57. The lowest BCUT2D eigenvalue weighted by molar-refractivity contribution is -0.116. The van der Waals surface area contributed by atoms with Crippen LogP contribution in [0, 0.1) is 12.7 Å². The normalized spacial score (nSPS) is 12.3. The molecule has 2 aromatic rings. The van der Waals surface area contributed by atoms with Gasteiger partial charge in [0.25, 0.3) is 0 Å². The van der Waals surface area contributed by atoms with E-state index in [1.807, 2.05) is 0 Å². The molecule has 0 bridgehead atoms. The highest BCUT2D eigenvalue weighted by molar-refractivity contribution is 7.92. The van der Waals surface area contributed by atoms with Gasteiger partial charge in [-0.1, -0.05) is 6.07 Å². The average molecular weight is 379 g/mol. The van der Waals surface area contributed by atoms with E-state index in [0.717, 1.165) is 5.56 Å². The van der Waals surface area contributed by atoms with Gasteiger partial charge < -0.3 is 10.6 Å². The minimum absolute atomic E-state index is 0.0102. The Bertz CT molecular complexity index is 900. The van der Waals surface area contributed by atoms with E-state index >= 15 is 0 Å². The highest BCUT2D eigenvalue weighted by Crippen LogP contribution is 2.21. The van der Waals surface area contributed by atoms with Crippen LogP contribution in [0.5, 0.6) is 0 Å². The molecule has 1 atom stereocenters. The van der Waals surface area contributed by atoms with Crippen LogP contribution in [0.1, 0.15) is 19.4 Å². The van der Waals surface area contributed by atoms with Gasteiger partial charge >= 0.3 is 0 Å². The van der Waals surface area contributed by atoms with Crippen LogP contribution in [-0.2, 0) is 14.8 Å². The fourth-order valence-corrected chi connectivity index (χ4v) is 2.95.